The molecule has 3 amide bonds. The summed E-state index contributed by atoms with van der Waals surface area (Å²) in [5, 5.41) is 10.4. The van der Waals surface area contributed by atoms with E-state index in [4.69, 9.17) is 0 Å². The van der Waals surface area contributed by atoms with Gasteiger partial charge in [-0.1, -0.05) is 19.3 Å². The lowest BCUT2D eigenvalue weighted by molar-refractivity contribution is -0.133. The lowest BCUT2D eigenvalue weighted by Crippen LogP contribution is -2.63. The second kappa shape index (κ2) is 9.60. The Labute approximate surface area is 189 Å². The highest BCUT2D eigenvalue weighted by molar-refractivity contribution is 6.01. The van der Waals surface area contributed by atoms with Crippen LogP contribution >= 0.6 is 0 Å². The molecule has 1 aromatic heterocycles. The molecule has 2 aliphatic heterocycles. The van der Waals surface area contributed by atoms with Gasteiger partial charge in [0, 0.05) is 25.7 Å². The van der Waals surface area contributed by atoms with Gasteiger partial charge in [0.15, 0.2) is 5.69 Å². The highest BCUT2D eigenvalue weighted by atomic mass is 16.2. The third-order valence-electron chi connectivity index (χ3n) is 7.30. The highest BCUT2D eigenvalue weighted by Crippen LogP contribution is 2.27. The molecule has 0 radical (unpaired) electrons. The summed E-state index contributed by atoms with van der Waals surface area (Å²) >= 11 is 0. The second-order valence-electron chi connectivity index (χ2n) is 9.68. The number of carbonyl (C=O) groups excluding carboxylic acids is 3. The van der Waals surface area contributed by atoms with Crippen LogP contribution in [0.2, 0.25) is 0 Å². The number of carbonyl (C=O) groups is 3. The fraction of sp³-hybridized carbons (Fsp3) is 0.739. The van der Waals surface area contributed by atoms with Gasteiger partial charge in [-0.05, 0) is 58.7 Å². The van der Waals surface area contributed by atoms with E-state index >= 15 is 0 Å². The lowest BCUT2D eigenvalue weighted by Gasteiger charge is -2.41. The SMILES string of the molecule is CN1C(=O)c2cc(C(=O)NCCCN3CCCCC3)nn2C[C@]1(C)C(=O)NC1CCCC1. The number of nitrogens with zero attached hydrogens (tertiary/aromatic N) is 4. The predicted molar refractivity (Wildman–Crippen MR) is 120 cm³/mol. The normalized spacial score (nSPS) is 24.4. The van der Waals surface area contributed by atoms with Gasteiger partial charge in [-0.15, -0.1) is 0 Å². The van der Waals surface area contributed by atoms with Gasteiger partial charge in [0.25, 0.3) is 11.8 Å². The van der Waals surface area contributed by atoms with Crippen molar-refractivity contribution in [1.82, 2.24) is 30.2 Å². The van der Waals surface area contributed by atoms with Crippen molar-refractivity contribution in [2.24, 2.45) is 0 Å². The van der Waals surface area contributed by atoms with E-state index < -0.39 is 5.54 Å². The van der Waals surface area contributed by atoms with Crippen molar-refractivity contribution >= 4 is 17.7 Å². The molecule has 1 saturated carbocycles. The zero-order valence-electron chi connectivity index (χ0n) is 19.4. The van der Waals surface area contributed by atoms with Crippen LogP contribution in [0, 0.1) is 0 Å². The molecule has 2 N–H and O–H groups in total. The molecule has 4 rings (SSSR count). The molecule has 9 nitrogen and oxygen atoms in total. The quantitative estimate of drug-likeness (QED) is 0.619. The molecule has 2 fully saturated rings. The van der Waals surface area contributed by atoms with Gasteiger partial charge in [0.05, 0.1) is 6.54 Å². The van der Waals surface area contributed by atoms with E-state index in [1.807, 2.05) is 0 Å². The predicted octanol–water partition coefficient (Wildman–Crippen LogP) is 1.39. The number of piperidine rings is 1. The summed E-state index contributed by atoms with van der Waals surface area (Å²) in [5.41, 5.74) is -0.474. The molecule has 0 unspecified atom stereocenters. The Hall–Kier alpha value is -2.42. The molecule has 1 saturated heterocycles. The summed E-state index contributed by atoms with van der Waals surface area (Å²) in [7, 11) is 1.65. The van der Waals surface area contributed by atoms with Crippen molar-refractivity contribution in [2.75, 3.05) is 33.2 Å². The Balaban J connectivity index is 1.36. The van der Waals surface area contributed by atoms with Crippen LogP contribution in [0.1, 0.15) is 79.3 Å². The molecule has 1 aromatic rings. The number of rotatable bonds is 7. The Morgan fingerprint density at radius 1 is 1.16 bits per heavy atom. The number of amides is 3. The van der Waals surface area contributed by atoms with Crippen LogP contribution in [-0.2, 0) is 11.3 Å². The zero-order chi connectivity index (χ0) is 22.7. The molecule has 9 heteroatoms. The van der Waals surface area contributed by atoms with Gasteiger partial charge in [-0.25, -0.2) is 0 Å². The van der Waals surface area contributed by atoms with Crippen LogP contribution in [0.3, 0.4) is 0 Å². The van der Waals surface area contributed by atoms with E-state index in [9.17, 15) is 14.4 Å². The number of fused-ring (bicyclic) bond motifs is 1. The number of likely N-dealkylation sites (tertiary alicyclic amines) is 1. The summed E-state index contributed by atoms with van der Waals surface area (Å²) in [6.07, 6.45) is 8.92. The minimum Gasteiger partial charge on any atom is -0.351 e. The van der Waals surface area contributed by atoms with Crippen molar-refractivity contribution in [1.29, 1.82) is 0 Å². The second-order valence-corrected chi connectivity index (χ2v) is 9.68. The minimum atomic E-state index is -1.04. The fourth-order valence-corrected chi connectivity index (χ4v) is 5.03. The molecular formula is C23H36N6O3. The summed E-state index contributed by atoms with van der Waals surface area (Å²) in [6.45, 7) is 5.84. The van der Waals surface area contributed by atoms with Crippen LogP contribution in [0.15, 0.2) is 6.07 Å². The van der Waals surface area contributed by atoms with Crippen LogP contribution in [-0.4, -0.2) is 82.1 Å². The van der Waals surface area contributed by atoms with E-state index in [2.05, 4.69) is 20.6 Å². The van der Waals surface area contributed by atoms with Gasteiger partial charge in [0.2, 0.25) is 5.91 Å². The van der Waals surface area contributed by atoms with Crippen molar-refractivity contribution in [3.05, 3.63) is 17.5 Å². The van der Waals surface area contributed by atoms with Crippen molar-refractivity contribution in [3.8, 4) is 0 Å². The monoisotopic (exact) mass is 444 g/mol. The van der Waals surface area contributed by atoms with Crippen molar-refractivity contribution in [2.45, 2.75) is 76.4 Å². The van der Waals surface area contributed by atoms with E-state index in [0.717, 1.165) is 51.7 Å². The first-order chi connectivity index (χ1) is 15.4. The van der Waals surface area contributed by atoms with Gasteiger partial charge < -0.3 is 20.4 Å². The van der Waals surface area contributed by atoms with E-state index in [0.29, 0.717) is 12.2 Å². The number of nitrogens with one attached hydrogen (secondary N) is 2. The molecule has 0 bridgehead atoms. The Morgan fingerprint density at radius 2 is 1.88 bits per heavy atom. The van der Waals surface area contributed by atoms with Crippen LogP contribution in [0.4, 0.5) is 0 Å². The molecule has 3 heterocycles. The number of aromatic nitrogens is 2. The lowest BCUT2D eigenvalue weighted by atomic mass is 9.95. The van der Waals surface area contributed by atoms with Gasteiger partial charge in [-0.3, -0.25) is 19.1 Å². The number of hydrogen-bond acceptors (Lipinski definition) is 5. The number of likely N-dealkylation sites (N-methyl/N-ethyl adjacent to an activating group) is 1. The third-order valence-corrected chi connectivity index (χ3v) is 7.30. The van der Waals surface area contributed by atoms with Crippen LogP contribution in [0.25, 0.3) is 0 Å². The van der Waals surface area contributed by atoms with E-state index in [1.54, 1.807) is 14.0 Å². The summed E-state index contributed by atoms with van der Waals surface area (Å²) in [4.78, 5) is 42.6. The molecule has 0 spiro atoms. The van der Waals surface area contributed by atoms with E-state index in [1.165, 1.54) is 34.9 Å². The van der Waals surface area contributed by atoms with Gasteiger partial charge in [0.1, 0.15) is 11.2 Å². The number of hydrogen-bond donors (Lipinski definition) is 2. The standard InChI is InChI=1S/C23H36N6O3/c1-23(22(32)25-17-9-4-5-10-17)16-29-19(21(31)27(23)2)15-18(26-29)20(30)24-11-8-14-28-12-6-3-7-13-28/h15,17H,3-14,16H2,1-2H3,(H,24,30)(H,25,32)/t23-/m1/s1. The summed E-state index contributed by atoms with van der Waals surface area (Å²) < 4.78 is 1.51. The Morgan fingerprint density at radius 3 is 2.59 bits per heavy atom. The average molecular weight is 445 g/mol. The first-order valence-electron chi connectivity index (χ1n) is 12.1. The maximum atomic E-state index is 13.1. The molecule has 3 aliphatic rings. The fourth-order valence-electron chi connectivity index (χ4n) is 5.03. The molecule has 176 valence electrons. The summed E-state index contributed by atoms with van der Waals surface area (Å²) in [5.74, 6) is -0.736. The topological polar surface area (TPSA) is 99.6 Å². The Bertz CT molecular complexity index is 856. The molecular weight excluding hydrogens is 408 g/mol. The molecule has 1 aliphatic carbocycles. The highest BCUT2D eigenvalue weighted by Gasteiger charge is 2.46. The molecule has 32 heavy (non-hydrogen) atoms. The van der Waals surface area contributed by atoms with Crippen molar-refractivity contribution < 1.29 is 14.4 Å². The molecule has 1 atom stereocenters. The van der Waals surface area contributed by atoms with Crippen LogP contribution < -0.4 is 10.6 Å². The average Bonchev–Trinajstić information content (AvgIpc) is 3.45. The smallest absolute Gasteiger partial charge is 0.272 e. The minimum absolute atomic E-state index is 0.162. The largest absolute Gasteiger partial charge is 0.351 e. The zero-order valence-corrected chi connectivity index (χ0v) is 19.4. The third kappa shape index (κ3) is 4.67. The maximum Gasteiger partial charge on any atom is 0.272 e. The molecule has 0 aromatic carbocycles. The first kappa shape index (κ1) is 22.8. The van der Waals surface area contributed by atoms with Gasteiger partial charge in [-0.2, -0.15) is 5.10 Å². The van der Waals surface area contributed by atoms with E-state index in [-0.39, 0.29) is 36.0 Å². The maximum absolute atomic E-state index is 13.1. The Kier molecular flexibility index (Phi) is 6.83. The van der Waals surface area contributed by atoms with Crippen LogP contribution in [0.5, 0.6) is 0 Å². The van der Waals surface area contributed by atoms with Crippen molar-refractivity contribution in [3.63, 3.8) is 0 Å². The first-order valence-corrected chi connectivity index (χ1v) is 12.1. The van der Waals surface area contributed by atoms with Gasteiger partial charge >= 0.3 is 0 Å². The summed E-state index contributed by atoms with van der Waals surface area (Å²) in [6, 6.07) is 1.71.